The summed E-state index contributed by atoms with van der Waals surface area (Å²) in [7, 11) is 0. The maximum Gasteiger partial charge on any atom is 0.309 e. The molecule has 2 aromatic carbocycles. The number of hydrogen-bond donors (Lipinski definition) is 1. The Bertz CT molecular complexity index is 973. The topological polar surface area (TPSA) is 74.2 Å². The summed E-state index contributed by atoms with van der Waals surface area (Å²) in [5.74, 6) is -0.270. The number of halogens is 1. The van der Waals surface area contributed by atoms with Crippen LogP contribution < -0.4 is 14.2 Å². The summed E-state index contributed by atoms with van der Waals surface area (Å²) in [6, 6.07) is 11.4. The van der Waals surface area contributed by atoms with Gasteiger partial charge in [0.05, 0.1) is 18.6 Å². The van der Waals surface area contributed by atoms with Gasteiger partial charge in [-0.1, -0.05) is 13.3 Å². The number of aliphatic carboxylic acids is 1. The average Bonchev–Trinajstić information content (AvgIpc) is 2.78. The fourth-order valence-corrected chi connectivity index (χ4v) is 4.61. The predicted molar refractivity (Wildman–Crippen MR) is 120 cm³/mol. The van der Waals surface area contributed by atoms with Gasteiger partial charge in [0, 0.05) is 11.5 Å². The summed E-state index contributed by atoms with van der Waals surface area (Å²) in [6.45, 7) is 6.73. The van der Waals surface area contributed by atoms with Crippen molar-refractivity contribution in [2.24, 2.45) is 11.8 Å². The highest BCUT2D eigenvalue weighted by molar-refractivity contribution is 5.71. The molecule has 0 bridgehead atoms. The van der Waals surface area contributed by atoms with Gasteiger partial charge in [0.15, 0.2) is 0 Å². The third-order valence-electron chi connectivity index (χ3n) is 6.51. The lowest BCUT2D eigenvalue weighted by atomic mass is 9.72. The second-order valence-electron chi connectivity index (χ2n) is 9.25. The van der Waals surface area contributed by atoms with E-state index in [-0.39, 0.29) is 24.4 Å². The summed E-state index contributed by atoms with van der Waals surface area (Å²) >= 11 is 0. The molecule has 33 heavy (non-hydrogen) atoms. The van der Waals surface area contributed by atoms with Gasteiger partial charge in [0.25, 0.3) is 0 Å². The van der Waals surface area contributed by atoms with Crippen LogP contribution in [0.2, 0.25) is 0 Å². The van der Waals surface area contributed by atoms with Gasteiger partial charge in [0.1, 0.15) is 41.4 Å². The van der Waals surface area contributed by atoms with E-state index < -0.39 is 23.6 Å². The quantitative estimate of drug-likeness (QED) is 0.534. The minimum Gasteiger partial charge on any atom is -0.494 e. The van der Waals surface area contributed by atoms with Gasteiger partial charge >= 0.3 is 5.97 Å². The zero-order valence-corrected chi connectivity index (χ0v) is 19.3. The zero-order chi connectivity index (χ0) is 23.6. The van der Waals surface area contributed by atoms with Crippen molar-refractivity contribution in [2.75, 3.05) is 13.2 Å². The van der Waals surface area contributed by atoms with Crippen LogP contribution >= 0.6 is 0 Å². The molecule has 2 heterocycles. The van der Waals surface area contributed by atoms with E-state index in [1.54, 1.807) is 0 Å². The Morgan fingerprint density at radius 3 is 2.58 bits per heavy atom. The van der Waals surface area contributed by atoms with Crippen molar-refractivity contribution in [3.05, 3.63) is 53.8 Å². The summed E-state index contributed by atoms with van der Waals surface area (Å²) in [5.41, 5.74) is 0.266. The van der Waals surface area contributed by atoms with E-state index in [9.17, 15) is 14.3 Å². The first-order valence-electron chi connectivity index (χ1n) is 11.5. The minimum atomic E-state index is -0.931. The Kier molecular flexibility index (Phi) is 6.79. The molecule has 0 radical (unpaired) electrons. The number of rotatable bonds is 8. The summed E-state index contributed by atoms with van der Waals surface area (Å²) < 4.78 is 37.6. The first-order valence-corrected chi connectivity index (χ1v) is 11.5. The maximum atomic E-state index is 13.2. The fourth-order valence-electron chi connectivity index (χ4n) is 4.61. The number of benzene rings is 2. The van der Waals surface area contributed by atoms with Gasteiger partial charge in [0.2, 0.25) is 0 Å². The highest BCUT2D eigenvalue weighted by atomic mass is 19.1. The number of fused-ring (bicyclic) bond motifs is 3. The molecule has 2 aromatic rings. The van der Waals surface area contributed by atoms with E-state index in [0.717, 1.165) is 29.9 Å². The third kappa shape index (κ3) is 5.08. The molecule has 0 aromatic heterocycles. The Labute approximate surface area is 193 Å². The lowest BCUT2D eigenvalue weighted by Crippen LogP contribution is -2.53. The van der Waals surface area contributed by atoms with Gasteiger partial charge in [-0.3, -0.25) is 4.79 Å². The fraction of sp³-hybridized carbons (Fsp3) is 0.500. The Balaban J connectivity index is 1.59. The number of carbonyl (C=O) groups is 1. The van der Waals surface area contributed by atoms with Crippen LogP contribution in [-0.4, -0.2) is 36.0 Å². The van der Waals surface area contributed by atoms with E-state index in [2.05, 4.69) is 6.92 Å². The van der Waals surface area contributed by atoms with Crippen molar-refractivity contribution in [3.8, 4) is 17.2 Å². The van der Waals surface area contributed by atoms with Gasteiger partial charge < -0.3 is 24.1 Å². The molecule has 0 unspecified atom stereocenters. The smallest absolute Gasteiger partial charge is 0.309 e. The number of unbranched alkanes of at least 4 members (excludes halogenated alkanes) is 1. The van der Waals surface area contributed by atoms with E-state index in [4.69, 9.17) is 18.9 Å². The van der Waals surface area contributed by atoms with Crippen LogP contribution in [-0.2, 0) is 9.53 Å². The first-order chi connectivity index (χ1) is 15.8. The van der Waals surface area contributed by atoms with Crippen molar-refractivity contribution in [1.82, 2.24) is 0 Å². The van der Waals surface area contributed by atoms with Gasteiger partial charge in [-0.05, 0) is 69.2 Å². The molecule has 2 aliphatic rings. The Morgan fingerprint density at radius 1 is 1.15 bits per heavy atom. The summed E-state index contributed by atoms with van der Waals surface area (Å²) in [6.07, 6.45) is 1.38. The lowest BCUT2D eigenvalue weighted by molar-refractivity contribution is -0.192. The van der Waals surface area contributed by atoms with Crippen LogP contribution in [0.25, 0.3) is 0 Å². The highest BCUT2D eigenvalue weighted by Gasteiger charge is 2.52. The number of ether oxygens (including phenoxy) is 4. The molecule has 6 nitrogen and oxygen atoms in total. The molecule has 2 aliphatic heterocycles. The van der Waals surface area contributed by atoms with Crippen LogP contribution in [0, 0.1) is 17.7 Å². The van der Waals surface area contributed by atoms with E-state index >= 15 is 0 Å². The largest absolute Gasteiger partial charge is 0.494 e. The zero-order valence-electron chi connectivity index (χ0n) is 19.3. The van der Waals surface area contributed by atoms with Crippen LogP contribution in [0.5, 0.6) is 17.2 Å². The average molecular weight is 459 g/mol. The number of carboxylic acid groups (broad SMARTS) is 1. The van der Waals surface area contributed by atoms with Gasteiger partial charge in [-0.2, -0.15) is 0 Å². The van der Waals surface area contributed by atoms with Crippen LogP contribution in [0.3, 0.4) is 0 Å². The molecule has 0 spiro atoms. The normalized spacial score (nSPS) is 25.3. The highest BCUT2D eigenvalue weighted by Crippen LogP contribution is 2.52. The lowest BCUT2D eigenvalue weighted by Gasteiger charge is -2.50. The molecule has 0 aliphatic carbocycles. The standard InChI is InChI=1S/C26H31FO6/c1-4-5-12-30-18-10-11-22-19(13-18)24-21(26(2,3)33-22)14-20(25(28)29)23(32-24)15-31-17-8-6-16(27)7-9-17/h6-11,13,20-21,23-24H,4-5,12,14-15H2,1-3H3,(H,28,29)/t20-,21+,23+,24-/m1/s1. The van der Waals surface area contributed by atoms with E-state index in [0.29, 0.717) is 18.8 Å². The van der Waals surface area contributed by atoms with E-state index in [1.807, 2.05) is 32.0 Å². The van der Waals surface area contributed by atoms with Gasteiger partial charge in [-0.15, -0.1) is 0 Å². The molecule has 4 rings (SSSR count). The SMILES string of the molecule is CCCCOc1ccc2c(c1)[C@H]1O[C@@H](COc3ccc(F)cc3)[C@H](C(=O)O)C[C@@H]1C(C)(C)O2. The Morgan fingerprint density at radius 2 is 1.88 bits per heavy atom. The van der Waals surface area contributed by atoms with Crippen LogP contribution in [0.1, 0.15) is 51.7 Å². The van der Waals surface area contributed by atoms with Crippen LogP contribution in [0.4, 0.5) is 4.39 Å². The molecule has 4 atom stereocenters. The molecule has 1 N–H and O–H groups in total. The number of carboxylic acids is 1. The second kappa shape index (κ2) is 9.59. The Hall–Kier alpha value is -2.80. The molecular formula is C26H31FO6. The summed E-state index contributed by atoms with van der Waals surface area (Å²) in [5, 5.41) is 9.92. The monoisotopic (exact) mass is 458 g/mol. The molecule has 0 amide bonds. The predicted octanol–water partition coefficient (Wildman–Crippen LogP) is 5.40. The van der Waals surface area contributed by atoms with Gasteiger partial charge in [-0.25, -0.2) is 4.39 Å². The molecule has 7 heteroatoms. The first kappa shape index (κ1) is 23.4. The molecule has 1 saturated heterocycles. The molecular weight excluding hydrogens is 427 g/mol. The van der Waals surface area contributed by atoms with Crippen molar-refractivity contribution < 1.29 is 33.2 Å². The maximum absolute atomic E-state index is 13.2. The van der Waals surface area contributed by atoms with E-state index in [1.165, 1.54) is 24.3 Å². The molecule has 1 fully saturated rings. The van der Waals surface area contributed by atoms with Crippen LogP contribution in [0.15, 0.2) is 42.5 Å². The van der Waals surface area contributed by atoms with Crippen molar-refractivity contribution >= 4 is 5.97 Å². The van der Waals surface area contributed by atoms with Crippen molar-refractivity contribution in [1.29, 1.82) is 0 Å². The minimum absolute atomic E-state index is 0.0507. The van der Waals surface area contributed by atoms with Crippen molar-refractivity contribution in [3.63, 3.8) is 0 Å². The second-order valence-corrected chi connectivity index (χ2v) is 9.25. The summed E-state index contributed by atoms with van der Waals surface area (Å²) in [4.78, 5) is 12.1. The molecule has 178 valence electrons. The molecule has 0 saturated carbocycles. The third-order valence-corrected chi connectivity index (χ3v) is 6.51. The van der Waals surface area contributed by atoms with Crippen molar-refractivity contribution in [2.45, 2.75) is 57.8 Å². The number of hydrogen-bond acceptors (Lipinski definition) is 5.